The predicted molar refractivity (Wildman–Crippen MR) is 136 cm³/mol. The highest BCUT2D eigenvalue weighted by Gasteiger charge is 2.11. The van der Waals surface area contributed by atoms with Gasteiger partial charge >= 0.3 is 0 Å². The largest absolute Gasteiger partial charge is 0.352 e. The van der Waals surface area contributed by atoms with Crippen LogP contribution in [-0.4, -0.2) is 33.9 Å². The molecule has 0 saturated carbocycles. The topological polar surface area (TPSA) is 93.8 Å². The predicted octanol–water partition coefficient (Wildman–Crippen LogP) is 5.12. The summed E-state index contributed by atoms with van der Waals surface area (Å²) in [5.74, 6) is -0.0524. The fourth-order valence-electron chi connectivity index (χ4n) is 3.73. The number of hydrogen-bond acceptors (Lipinski definition) is 5. The molecule has 0 fully saturated rings. The zero-order valence-corrected chi connectivity index (χ0v) is 19.2. The van der Waals surface area contributed by atoms with Crippen molar-refractivity contribution in [2.24, 2.45) is 5.73 Å². The smallest absolute Gasteiger partial charge is 0.251 e. The molecule has 172 valence electrons. The minimum atomic E-state index is -0.0524. The maximum atomic E-state index is 12.5. The van der Waals surface area contributed by atoms with Gasteiger partial charge in [-0.1, -0.05) is 37.1 Å². The first-order valence-corrected chi connectivity index (χ1v) is 11.7. The Morgan fingerprint density at radius 1 is 0.706 bits per heavy atom. The van der Waals surface area contributed by atoms with Crippen molar-refractivity contribution in [3.63, 3.8) is 0 Å². The lowest BCUT2D eigenvalue weighted by Gasteiger charge is -2.10. The highest BCUT2D eigenvalue weighted by atomic mass is 16.1. The Labute approximate surface area is 200 Å². The molecule has 0 aliphatic rings. The number of carbonyl (C=O) groups excluding carboxylic acids is 1. The van der Waals surface area contributed by atoms with Crippen molar-refractivity contribution in [2.75, 3.05) is 13.1 Å². The van der Waals surface area contributed by atoms with Gasteiger partial charge in [-0.15, -0.1) is 0 Å². The van der Waals surface area contributed by atoms with E-state index >= 15 is 0 Å². The van der Waals surface area contributed by atoms with Gasteiger partial charge in [0.15, 0.2) is 0 Å². The summed E-state index contributed by atoms with van der Waals surface area (Å²) in [4.78, 5) is 26.2. The molecule has 0 aliphatic carbocycles. The molecule has 1 amide bonds. The lowest BCUT2D eigenvalue weighted by atomic mass is 10.0. The molecule has 6 nitrogen and oxygen atoms in total. The summed E-state index contributed by atoms with van der Waals surface area (Å²) in [5, 5.41) is 3.00. The van der Waals surface area contributed by atoms with Gasteiger partial charge in [-0.25, -0.2) is 4.98 Å². The number of benzene rings is 1. The summed E-state index contributed by atoms with van der Waals surface area (Å²) in [7, 11) is 0. The van der Waals surface area contributed by atoms with Crippen LogP contribution in [0.4, 0.5) is 0 Å². The van der Waals surface area contributed by atoms with Crippen LogP contribution in [-0.2, 0) is 0 Å². The Bertz CT molecular complexity index is 1140. The minimum absolute atomic E-state index is 0.0524. The van der Waals surface area contributed by atoms with Crippen LogP contribution < -0.4 is 11.1 Å². The van der Waals surface area contributed by atoms with Crippen LogP contribution in [0.1, 0.15) is 36.0 Å². The molecule has 3 heterocycles. The molecule has 4 rings (SSSR count). The normalized spacial score (nSPS) is 10.7. The SMILES string of the molecule is NCCCCCCNC(=O)c1ccc(-c2cc(-c3ccccn3)nc(-c3ccccn3)c2)cc1. The third-order valence-electron chi connectivity index (χ3n) is 5.58. The van der Waals surface area contributed by atoms with E-state index < -0.39 is 0 Å². The molecule has 0 bridgehead atoms. The summed E-state index contributed by atoms with van der Waals surface area (Å²) in [6.07, 6.45) is 7.71. The van der Waals surface area contributed by atoms with Gasteiger partial charge in [-0.05, 0) is 79.0 Å². The van der Waals surface area contributed by atoms with Crippen LogP contribution >= 0.6 is 0 Å². The summed E-state index contributed by atoms with van der Waals surface area (Å²) < 4.78 is 0. The second-order valence-electron chi connectivity index (χ2n) is 8.09. The summed E-state index contributed by atoms with van der Waals surface area (Å²) in [6.45, 7) is 1.40. The number of rotatable bonds is 10. The quantitative estimate of drug-likeness (QED) is 0.326. The minimum Gasteiger partial charge on any atom is -0.352 e. The molecule has 0 radical (unpaired) electrons. The highest BCUT2D eigenvalue weighted by Crippen LogP contribution is 2.29. The zero-order chi connectivity index (χ0) is 23.6. The maximum absolute atomic E-state index is 12.5. The molecule has 4 aromatic rings. The van der Waals surface area contributed by atoms with E-state index in [1.807, 2.05) is 72.8 Å². The lowest BCUT2D eigenvalue weighted by Crippen LogP contribution is -2.24. The standard InChI is InChI=1S/C28H29N5O/c29-15-5-1-2-6-18-32-28(34)22-13-11-21(12-14-22)23-19-26(24-9-3-7-16-30-24)33-27(20-23)25-10-4-8-17-31-25/h3-4,7-14,16-17,19-20H,1-2,5-6,15,18,29H2,(H,32,34). The molecule has 1 aromatic carbocycles. The molecular weight excluding hydrogens is 422 g/mol. The Balaban J connectivity index is 1.54. The van der Waals surface area contributed by atoms with E-state index in [0.717, 1.165) is 66.1 Å². The van der Waals surface area contributed by atoms with Crippen molar-refractivity contribution in [1.29, 1.82) is 0 Å². The highest BCUT2D eigenvalue weighted by molar-refractivity contribution is 5.94. The Morgan fingerprint density at radius 2 is 1.32 bits per heavy atom. The number of carbonyl (C=O) groups is 1. The van der Waals surface area contributed by atoms with Gasteiger partial charge < -0.3 is 11.1 Å². The molecule has 6 heteroatoms. The van der Waals surface area contributed by atoms with Crippen molar-refractivity contribution in [3.05, 3.63) is 90.8 Å². The molecule has 0 saturated heterocycles. The average Bonchev–Trinajstić information content (AvgIpc) is 2.91. The number of aromatic nitrogens is 3. The number of unbranched alkanes of at least 4 members (excludes halogenated alkanes) is 3. The first-order chi connectivity index (χ1) is 16.7. The van der Waals surface area contributed by atoms with E-state index in [4.69, 9.17) is 10.7 Å². The van der Waals surface area contributed by atoms with E-state index in [1.165, 1.54) is 0 Å². The number of nitrogens with one attached hydrogen (secondary N) is 1. The molecule has 0 atom stereocenters. The van der Waals surface area contributed by atoms with Crippen molar-refractivity contribution < 1.29 is 4.79 Å². The van der Waals surface area contributed by atoms with Crippen LogP contribution in [0.2, 0.25) is 0 Å². The van der Waals surface area contributed by atoms with Crippen molar-refractivity contribution in [1.82, 2.24) is 20.3 Å². The summed E-state index contributed by atoms with van der Waals surface area (Å²) in [6, 6.07) is 23.2. The lowest BCUT2D eigenvalue weighted by molar-refractivity contribution is 0.0953. The van der Waals surface area contributed by atoms with Gasteiger partial charge in [0, 0.05) is 24.5 Å². The van der Waals surface area contributed by atoms with E-state index in [2.05, 4.69) is 15.3 Å². The molecule has 3 aromatic heterocycles. The van der Waals surface area contributed by atoms with E-state index in [9.17, 15) is 4.79 Å². The number of nitrogens with zero attached hydrogens (tertiary/aromatic N) is 3. The number of pyridine rings is 3. The van der Waals surface area contributed by atoms with E-state index in [1.54, 1.807) is 12.4 Å². The first kappa shape index (κ1) is 23.3. The molecule has 0 spiro atoms. The van der Waals surface area contributed by atoms with Crippen molar-refractivity contribution in [3.8, 4) is 33.9 Å². The zero-order valence-electron chi connectivity index (χ0n) is 19.2. The fourth-order valence-corrected chi connectivity index (χ4v) is 3.73. The van der Waals surface area contributed by atoms with E-state index in [0.29, 0.717) is 12.1 Å². The van der Waals surface area contributed by atoms with Crippen LogP contribution in [0.15, 0.2) is 85.2 Å². The molecule has 3 N–H and O–H groups in total. The number of nitrogens with two attached hydrogens (primary N) is 1. The average molecular weight is 452 g/mol. The first-order valence-electron chi connectivity index (χ1n) is 11.7. The van der Waals surface area contributed by atoms with E-state index in [-0.39, 0.29) is 5.91 Å². The van der Waals surface area contributed by atoms with Gasteiger partial charge in [0.2, 0.25) is 0 Å². The Hall–Kier alpha value is -3.90. The van der Waals surface area contributed by atoms with Crippen molar-refractivity contribution >= 4 is 5.91 Å². The second kappa shape index (κ2) is 11.8. The van der Waals surface area contributed by atoms with Gasteiger partial charge in [-0.3, -0.25) is 14.8 Å². The van der Waals surface area contributed by atoms with Gasteiger partial charge in [0.25, 0.3) is 5.91 Å². The Morgan fingerprint density at radius 3 is 1.88 bits per heavy atom. The third-order valence-corrected chi connectivity index (χ3v) is 5.58. The van der Waals surface area contributed by atoms with Crippen LogP contribution in [0, 0.1) is 0 Å². The number of hydrogen-bond donors (Lipinski definition) is 2. The Kier molecular flexibility index (Phi) is 8.08. The van der Waals surface area contributed by atoms with Gasteiger partial charge in [0.05, 0.1) is 22.8 Å². The molecular formula is C28H29N5O. The molecule has 0 aliphatic heterocycles. The molecule has 34 heavy (non-hydrogen) atoms. The summed E-state index contributed by atoms with van der Waals surface area (Å²) >= 11 is 0. The van der Waals surface area contributed by atoms with Crippen LogP contribution in [0.25, 0.3) is 33.9 Å². The third kappa shape index (κ3) is 6.11. The number of amides is 1. The molecule has 0 unspecified atom stereocenters. The van der Waals surface area contributed by atoms with Crippen LogP contribution in [0.3, 0.4) is 0 Å². The summed E-state index contributed by atoms with van der Waals surface area (Å²) in [5.41, 5.74) is 11.3. The van der Waals surface area contributed by atoms with Crippen LogP contribution in [0.5, 0.6) is 0 Å². The van der Waals surface area contributed by atoms with Gasteiger partial charge in [-0.2, -0.15) is 0 Å². The second-order valence-corrected chi connectivity index (χ2v) is 8.09. The van der Waals surface area contributed by atoms with Crippen molar-refractivity contribution in [2.45, 2.75) is 25.7 Å². The van der Waals surface area contributed by atoms with Gasteiger partial charge in [0.1, 0.15) is 0 Å². The maximum Gasteiger partial charge on any atom is 0.251 e. The monoisotopic (exact) mass is 451 g/mol. The fraction of sp³-hybridized carbons (Fsp3) is 0.214.